The van der Waals surface area contributed by atoms with Crippen molar-refractivity contribution in [1.29, 1.82) is 0 Å². The van der Waals surface area contributed by atoms with E-state index in [1.807, 2.05) is 32.0 Å². The van der Waals surface area contributed by atoms with Crippen LogP contribution in [0.1, 0.15) is 24.5 Å². The molecule has 0 unspecified atom stereocenters. The summed E-state index contributed by atoms with van der Waals surface area (Å²) < 4.78 is 10.9. The predicted octanol–water partition coefficient (Wildman–Crippen LogP) is 4.17. The van der Waals surface area contributed by atoms with Gasteiger partial charge in [-0.2, -0.15) is 0 Å². The van der Waals surface area contributed by atoms with Crippen LogP contribution in [0.25, 0.3) is 0 Å². The molecular weight excluding hydrogens is 338 g/mol. The second-order valence-corrected chi connectivity index (χ2v) is 6.14. The molecule has 2 aromatic carbocycles. The average molecular weight is 362 g/mol. The van der Waals surface area contributed by atoms with Gasteiger partial charge in [0.15, 0.2) is 6.61 Å². The van der Waals surface area contributed by atoms with Crippen molar-refractivity contribution >= 4 is 17.5 Å². The molecule has 0 aliphatic rings. The Kier molecular flexibility index (Phi) is 7.61. The summed E-state index contributed by atoms with van der Waals surface area (Å²) in [6.45, 7) is 5.16. The van der Waals surface area contributed by atoms with Gasteiger partial charge in [0.05, 0.1) is 6.61 Å². The highest BCUT2D eigenvalue weighted by atomic mass is 35.5. The lowest BCUT2D eigenvalue weighted by Crippen LogP contribution is -2.29. The summed E-state index contributed by atoms with van der Waals surface area (Å²) in [5.74, 6) is 1.40. The zero-order valence-electron chi connectivity index (χ0n) is 14.7. The maximum Gasteiger partial charge on any atom is 0.257 e. The van der Waals surface area contributed by atoms with Crippen molar-refractivity contribution in [3.05, 3.63) is 58.6 Å². The fraction of sp³-hybridized carbons (Fsp3) is 0.350. The van der Waals surface area contributed by atoms with Crippen molar-refractivity contribution in [2.75, 3.05) is 19.8 Å². The van der Waals surface area contributed by atoms with Crippen molar-refractivity contribution in [2.24, 2.45) is 0 Å². The molecule has 0 atom stereocenters. The highest BCUT2D eigenvalue weighted by Crippen LogP contribution is 2.20. The van der Waals surface area contributed by atoms with Gasteiger partial charge in [0.25, 0.3) is 5.91 Å². The number of benzene rings is 2. The summed E-state index contributed by atoms with van der Waals surface area (Å²) >= 11 is 5.96. The molecule has 0 fully saturated rings. The minimum absolute atomic E-state index is 0.00409. The number of halogens is 1. The van der Waals surface area contributed by atoms with Crippen LogP contribution in [0.4, 0.5) is 0 Å². The van der Waals surface area contributed by atoms with Crippen LogP contribution in [0.3, 0.4) is 0 Å². The maximum atomic E-state index is 11.8. The molecule has 0 spiro atoms. The molecular formula is C20H24ClNO3. The molecule has 1 N–H and O–H groups in total. The van der Waals surface area contributed by atoms with E-state index in [1.165, 1.54) is 5.56 Å². The topological polar surface area (TPSA) is 47.6 Å². The number of hydrogen-bond donors (Lipinski definition) is 1. The molecule has 4 nitrogen and oxygen atoms in total. The Labute approximate surface area is 154 Å². The fourth-order valence-corrected chi connectivity index (χ4v) is 2.46. The minimum atomic E-state index is -0.126. The Morgan fingerprint density at radius 3 is 2.48 bits per heavy atom. The van der Waals surface area contributed by atoms with Crippen molar-refractivity contribution in [1.82, 2.24) is 5.32 Å². The highest BCUT2D eigenvalue weighted by Gasteiger charge is 2.04. The zero-order chi connectivity index (χ0) is 18.1. The number of ether oxygens (including phenoxy) is 2. The van der Waals surface area contributed by atoms with Gasteiger partial charge in [0.1, 0.15) is 11.5 Å². The van der Waals surface area contributed by atoms with Crippen LogP contribution < -0.4 is 14.8 Å². The lowest BCUT2D eigenvalue weighted by atomic mass is 10.1. The van der Waals surface area contributed by atoms with Crippen LogP contribution in [0.2, 0.25) is 5.02 Å². The van der Waals surface area contributed by atoms with E-state index in [-0.39, 0.29) is 12.5 Å². The third-order valence-corrected chi connectivity index (χ3v) is 4.12. The van der Waals surface area contributed by atoms with E-state index in [4.69, 9.17) is 21.1 Å². The van der Waals surface area contributed by atoms with Crippen molar-refractivity contribution in [2.45, 2.75) is 26.7 Å². The van der Waals surface area contributed by atoms with Crippen LogP contribution in [0.5, 0.6) is 11.5 Å². The molecule has 0 aliphatic carbocycles. The lowest BCUT2D eigenvalue weighted by molar-refractivity contribution is -0.123. The highest BCUT2D eigenvalue weighted by molar-refractivity contribution is 6.31. The Hall–Kier alpha value is -2.20. The summed E-state index contributed by atoms with van der Waals surface area (Å²) in [6.07, 6.45) is 1.78. The monoisotopic (exact) mass is 361 g/mol. The van der Waals surface area contributed by atoms with Crippen LogP contribution in [0, 0.1) is 6.92 Å². The molecule has 0 aromatic heterocycles. The zero-order valence-corrected chi connectivity index (χ0v) is 15.4. The Bertz CT molecular complexity index is 686. The molecule has 2 rings (SSSR count). The first kappa shape index (κ1) is 19.1. The van der Waals surface area contributed by atoms with E-state index in [0.717, 1.165) is 24.2 Å². The van der Waals surface area contributed by atoms with Crippen molar-refractivity contribution < 1.29 is 14.3 Å². The molecule has 0 saturated heterocycles. The summed E-state index contributed by atoms with van der Waals surface area (Å²) in [5, 5.41) is 3.55. The van der Waals surface area contributed by atoms with E-state index >= 15 is 0 Å². The molecule has 0 saturated carbocycles. The molecule has 0 bridgehead atoms. The summed E-state index contributed by atoms with van der Waals surface area (Å²) in [7, 11) is 0. The fourth-order valence-electron chi connectivity index (χ4n) is 2.35. The van der Waals surface area contributed by atoms with Crippen LogP contribution in [0.15, 0.2) is 42.5 Å². The SMILES string of the molecule is CCOc1ccc(CCCNC(=O)COc2ccc(Cl)c(C)c2)cc1. The van der Waals surface area contributed by atoms with E-state index in [1.54, 1.807) is 12.1 Å². The quantitative estimate of drug-likeness (QED) is 0.682. The Morgan fingerprint density at radius 2 is 1.80 bits per heavy atom. The molecule has 5 heteroatoms. The van der Waals surface area contributed by atoms with E-state index in [2.05, 4.69) is 17.4 Å². The first-order valence-electron chi connectivity index (χ1n) is 8.46. The standard InChI is InChI=1S/C20H24ClNO3/c1-3-24-17-8-6-16(7-9-17)5-4-12-22-20(23)14-25-18-10-11-19(21)15(2)13-18/h6-11,13H,3-5,12,14H2,1-2H3,(H,22,23). The average Bonchev–Trinajstić information content (AvgIpc) is 2.61. The molecule has 0 aliphatic heterocycles. The van der Waals surface area contributed by atoms with Crippen molar-refractivity contribution in [3.63, 3.8) is 0 Å². The molecule has 134 valence electrons. The second-order valence-electron chi connectivity index (χ2n) is 5.73. The number of rotatable bonds is 9. The van der Waals surface area contributed by atoms with E-state index in [9.17, 15) is 4.79 Å². The maximum absolute atomic E-state index is 11.8. The van der Waals surface area contributed by atoms with Gasteiger partial charge >= 0.3 is 0 Å². The third kappa shape index (κ3) is 6.67. The van der Waals surface area contributed by atoms with Gasteiger partial charge in [-0.05, 0) is 68.1 Å². The van der Waals surface area contributed by atoms with Gasteiger partial charge in [0, 0.05) is 11.6 Å². The number of carbonyl (C=O) groups excluding carboxylic acids is 1. The van der Waals surface area contributed by atoms with Crippen molar-refractivity contribution in [3.8, 4) is 11.5 Å². The smallest absolute Gasteiger partial charge is 0.257 e. The number of nitrogens with one attached hydrogen (secondary N) is 1. The number of aryl methyl sites for hydroxylation is 2. The largest absolute Gasteiger partial charge is 0.494 e. The van der Waals surface area contributed by atoms with Gasteiger partial charge in [-0.1, -0.05) is 23.7 Å². The molecule has 1 amide bonds. The Morgan fingerprint density at radius 1 is 1.08 bits per heavy atom. The molecule has 2 aromatic rings. The Balaban J connectivity index is 1.64. The lowest BCUT2D eigenvalue weighted by Gasteiger charge is -2.09. The number of hydrogen-bond acceptors (Lipinski definition) is 3. The number of carbonyl (C=O) groups is 1. The van der Waals surface area contributed by atoms with Crippen LogP contribution >= 0.6 is 11.6 Å². The molecule has 0 heterocycles. The normalized spacial score (nSPS) is 10.4. The minimum Gasteiger partial charge on any atom is -0.494 e. The first-order valence-corrected chi connectivity index (χ1v) is 8.83. The predicted molar refractivity (Wildman–Crippen MR) is 101 cm³/mol. The van der Waals surface area contributed by atoms with Gasteiger partial charge in [0.2, 0.25) is 0 Å². The molecule has 25 heavy (non-hydrogen) atoms. The summed E-state index contributed by atoms with van der Waals surface area (Å²) in [5.41, 5.74) is 2.15. The third-order valence-electron chi connectivity index (χ3n) is 3.70. The number of amides is 1. The summed E-state index contributed by atoms with van der Waals surface area (Å²) in [4.78, 5) is 11.8. The summed E-state index contributed by atoms with van der Waals surface area (Å²) in [6, 6.07) is 13.4. The van der Waals surface area contributed by atoms with E-state index in [0.29, 0.717) is 23.9 Å². The van der Waals surface area contributed by atoms with Gasteiger partial charge in [-0.25, -0.2) is 0 Å². The van der Waals surface area contributed by atoms with Gasteiger partial charge in [-0.3, -0.25) is 4.79 Å². The first-order chi connectivity index (χ1) is 12.1. The van der Waals surface area contributed by atoms with E-state index < -0.39 is 0 Å². The second kappa shape index (κ2) is 9.94. The van der Waals surface area contributed by atoms with Gasteiger partial charge in [-0.15, -0.1) is 0 Å². The van der Waals surface area contributed by atoms with Crippen LogP contribution in [-0.4, -0.2) is 25.7 Å². The molecule has 0 radical (unpaired) electrons. The van der Waals surface area contributed by atoms with Gasteiger partial charge < -0.3 is 14.8 Å². The van der Waals surface area contributed by atoms with Crippen LogP contribution in [-0.2, 0) is 11.2 Å².